The van der Waals surface area contributed by atoms with Crippen LogP contribution in [0.2, 0.25) is 0 Å². The van der Waals surface area contributed by atoms with Gasteiger partial charge in [-0.1, -0.05) is 57.9 Å². The lowest BCUT2D eigenvalue weighted by Crippen LogP contribution is -2.16. The van der Waals surface area contributed by atoms with Gasteiger partial charge in [0.25, 0.3) is 0 Å². The van der Waals surface area contributed by atoms with Crippen molar-refractivity contribution in [3.05, 3.63) is 29.6 Å². The third-order valence-corrected chi connectivity index (χ3v) is 3.78. The first-order valence-corrected chi connectivity index (χ1v) is 7.87. The summed E-state index contributed by atoms with van der Waals surface area (Å²) in [6.45, 7) is 4.31. The van der Waals surface area contributed by atoms with E-state index in [9.17, 15) is 0 Å². The van der Waals surface area contributed by atoms with Crippen LogP contribution in [0.25, 0.3) is 0 Å². The molecule has 0 aliphatic rings. The topological polar surface area (TPSA) is 24.9 Å². The smallest absolute Gasteiger partial charge is 0.0372 e. The lowest BCUT2D eigenvalue weighted by atomic mass is 10.0. The lowest BCUT2D eigenvalue weighted by molar-refractivity contribution is 0.495. The minimum Gasteiger partial charge on any atom is -0.313 e. The predicted octanol–water partition coefficient (Wildman–Crippen LogP) is 4.79. The first-order valence-electron chi connectivity index (χ1n) is 7.87. The largest absolute Gasteiger partial charge is 0.313 e. The maximum atomic E-state index is 4.39. The number of pyridine rings is 1. The summed E-state index contributed by atoms with van der Waals surface area (Å²) in [4.78, 5) is 4.39. The highest BCUT2D eigenvalue weighted by atomic mass is 14.9. The molecule has 2 nitrogen and oxygen atoms in total. The van der Waals surface area contributed by atoms with Gasteiger partial charge in [0.05, 0.1) is 0 Å². The minimum atomic E-state index is 0.462. The average molecular weight is 262 g/mol. The first-order chi connectivity index (χ1) is 9.27. The van der Waals surface area contributed by atoms with Crippen LogP contribution in [0.4, 0.5) is 0 Å². The van der Waals surface area contributed by atoms with Crippen molar-refractivity contribution in [3.63, 3.8) is 0 Å². The molecule has 0 saturated carbocycles. The maximum Gasteiger partial charge on any atom is 0.0372 e. The molecule has 1 atom stereocenters. The van der Waals surface area contributed by atoms with Gasteiger partial charge in [0.2, 0.25) is 0 Å². The Morgan fingerprint density at radius 1 is 1.05 bits per heavy atom. The summed E-state index contributed by atoms with van der Waals surface area (Å²) in [5.41, 5.74) is 2.41. The summed E-state index contributed by atoms with van der Waals surface area (Å²) in [6, 6.07) is 4.76. The average Bonchev–Trinajstić information content (AvgIpc) is 2.43. The summed E-state index contributed by atoms with van der Waals surface area (Å²) in [7, 11) is 2.05. The maximum absolute atomic E-state index is 4.39. The number of hydrogen-bond donors (Lipinski definition) is 1. The van der Waals surface area contributed by atoms with Crippen LogP contribution in [-0.4, -0.2) is 12.0 Å². The summed E-state index contributed by atoms with van der Waals surface area (Å²) >= 11 is 0. The molecule has 1 rings (SSSR count). The van der Waals surface area contributed by atoms with Crippen molar-refractivity contribution in [1.29, 1.82) is 0 Å². The van der Waals surface area contributed by atoms with Gasteiger partial charge in [-0.15, -0.1) is 0 Å². The van der Waals surface area contributed by atoms with Crippen molar-refractivity contribution in [2.24, 2.45) is 0 Å². The van der Waals surface area contributed by atoms with Gasteiger partial charge in [-0.05, 0) is 32.0 Å². The fourth-order valence-corrected chi connectivity index (χ4v) is 2.47. The van der Waals surface area contributed by atoms with E-state index >= 15 is 0 Å². The molecule has 0 aromatic carbocycles. The Labute approximate surface area is 119 Å². The molecular weight excluding hydrogens is 232 g/mol. The molecule has 0 spiro atoms. The van der Waals surface area contributed by atoms with Gasteiger partial charge in [0.1, 0.15) is 0 Å². The number of nitrogens with one attached hydrogen (secondary N) is 1. The Hall–Kier alpha value is -0.890. The summed E-state index contributed by atoms with van der Waals surface area (Å²) < 4.78 is 0. The van der Waals surface area contributed by atoms with Crippen molar-refractivity contribution >= 4 is 0 Å². The Morgan fingerprint density at radius 3 is 2.32 bits per heavy atom. The second-order valence-electron chi connectivity index (χ2n) is 5.48. The SMILES string of the molecule is CCCCCCCCCC(NC)c1ccc(C)nc1. The highest BCUT2D eigenvalue weighted by Crippen LogP contribution is 2.19. The number of aryl methyl sites for hydroxylation is 1. The van der Waals surface area contributed by atoms with E-state index in [4.69, 9.17) is 0 Å². The normalized spacial score (nSPS) is 12.6. The van der Waals surface area contributed by atoms with Crippen molar-refractivity contribution < 1.29 is 0 Å². The van der Waals surface area contributed by atoms with E-state index in [0.717, 1.165) is 5.69 Å². The highest BCUT2D eigenvalue weighted by Gasteiger charge is 2.08. The van der Waals surface area contributed by atoms with E-state index in [1.54, 1.807) is 0 Å². The Morgan fingerprint density at radius 2 is 1.74 bits per heavy atom. The fourth-order valence-electron chi connectivity index (χ4n) is 2.47. The van der Waals surface area contributed by atoms with Gasteiger partial charge < -0.3 is 5.32 Å². The third kappa shape index (κ3) is 6.72. The molecule has 0 fully saturated rings. The zero-order chi connectivity index (χ0) is 13.9. The van der Waals surface area contributed by atoms with Crippen molar-refractivity contribution in [2.45, 2.75) is 71.3 Å². The second-order valence-corrected chi connectivity index (χ2v) is 5.48. The molecule has 1 heterocycles. The van der Waals surface area contributed by atoms with E-state index in [1.807, 2.05) is 20.2 Å². The molecule has 1 aromatic rings. The fraction of sp³-hybridized carbons (Fsp3) is 0.706. The number of rotatable bonds is 10. The van der Waals surface area contributed by atoms with Gasteiger partial charge in [-0.25, -0.2) is 0 Å². The van der Waals surface area contributed by atoms with Crippen molar-refractivity contribution in [1.82, 2.24) is 10.3 Å². The minimum absolute atomic E-state index is 0.462. The van der Waals surface area contributed by atoms with E-state index in [0.29, 0.717) is 6.04 Å². The Bertz CT molecular complexity index is 319. The van der Waals surface area contributed by atoms with Crippen LogP contribution in [-0.2, 0) is 0 Å². The van der Waals surface area contributed by atoms with Gasteiger partial charge in [0.15, 0.2) is 0 Å². The van der Waals surface area contributed by atoms with Crippen LogP contribution in [0.5, 0.6) is 0 Å². The van der Waals surface area contributed by atoms with Crippen LogP contribution in [0.3, 0.4) is 0 Å². The van der Waals surface area contributed by atoms with Gasteiger partial charge in [-0.2, -0.15) is 0 Å². The zero-order valence-corrected chi connectivity index (χ0v) is 12.9. The van der Waals surface area contributed by atoms with Gasteiger partial charge >= 0.3 is 0 Å². The monoisotopic (exact) mass is 262 g/mol. The highest BCUT2D eigenvalue weighted by molar-refractivity contribution is 5.17. The molecule has 0 aliphatic carbocycles. The predicted molar refractivity (Wildman–Crippen MR) is 83.4 cm³/mol. The number of nitrogens with zero attached hydrogens (tertiary/aromatic N) is 1. The molecule has 0 bridgehead atoms. The molecule has 0 aliphatic heterocycles. The summed E-state index contributed by atoms with van der Waals surface area (Å²) in [5, 5.41) is 3.41. The van der Waals surface area contributed by atoms with Gasteiger partial charge in [0, 0.05) is 17.9 Å². The molecule has 1 N–H and O–H groups in total. The molecular formula is C17H30N2. The van der Waals surface area contributed by atoms with E-state index in [2.05, 4.69) is 29.4 Å². The van der Waals surface area contributed by atoms with Crippen LogP contribution < -0.4 is 5.32 Å². The van der Waals surface area contributed by atoms with Crippen LogP contribution >= 0.6 is 0 Å². The number of aromatic nitrogens is 1. The second kappa shape index (κ2) is 9.96. The quantitative estimate of drug-likeness (QED) is 0.613. The summed E-state index contributed by atoms with van der Waals surface area (Å²) in [5.74, 6) is 0. The molecule has 0 radical (unpaired) electrons. The number of unbranched alkanes of at least 4 members (excludes halogenated alkanes) is 6. The third-order valence-electron chi connectivity index (χ3n) is 3.78. The Balaban J connectivity index is 2.20. The molecule has 0 saturated heterocycles. The van der Waals surface area contributed by atoms with E-state index < -0.39 is 0 Å². The molecule has 19 heavy (non-hydrogen) atoms. The molecule has 108 valence electrons. The van der Waals surface area contributed by atoms with E-state index in [1.165, 1.54) is 56.9 Å². The van der Waals surface area contributed by atoms with E-state index in [-0.39, 0.29) is 0 Å². The number of hydrogen-bond acceptors (Lipinski definition) is 2. The molecule has 0 amide bonds. The zero-order valence-electron chi connectivity index (χ0n) is 12.9. The Kier molecular flexibility index (Phi) is 8.48. The van der Waals surface area contributed by atoms with Crippen LogP contribution in [0.15, 0.2) is 18.3 Å². The van der Waals surface area contributed by atoms with Crippen molar-refractivity contribution in [2.75, 3.05) is 7.05 Å². The molecule has 1 aromatic heterocycles. The standard InChI is InChI=1S/C17H30N2/c1-4-5-6-7-8-9-10-11-17(18-3)16-13-12-15(2)19-14-16/h12-14,17-18H,4-11H2,1-3H3. The van der Waals surface area contributed by atoms with Crippen molar-refractivity contribution in [3.8, 4) is 0 Å². The summed E-state index contributed by atoms with van der Waals surface area (Å²) in [6.07, 6.45) is 12.8. The van der Waals surface area contributed by atoms with Crippen LogP contribution in [0.1, 0.15) is 75.6 Å². The van der Waals surface area contributed by atoms with Gasteiger partial charge in [-0.3, -0.25) is 4.98 Å². The first kappa shape index (κ1) is 16.2. The molecule has 2 heteroatoms. The molecule has 1 unspecified atom stereocenters. The lowest BCUT2D eigenvalue weighted by Gasteiger charge is -2.16. The van der Waals surface area contributed by atoms with Crippen LogP contribution in [0, 0.1) is 6.92 Å².